The molecule has 0 fully saturated rings. The van der Waals surface area contributed by atoms with Gasteiger partial charge in [0.2, 0.25) is 0 Å². The number of hydrogen-bond donors (Lipinski definition) is 4. The van der Waals surface area contributed by atoms with E-state index in [0.717, 1.165) is 0 Å². The van der Waals surface area contributed by atoms with Crippen LogP contribution in [0.4, 0.5) is 10.1 Å². The first-order chi connectivity index (χ1) is 6.58. The van der Waals surface area contributed by atoms with Gasteiger partial charge in [-0.05, 0) is 24.3 Å². The summed E-state index contributed by atoms with van der Waals surface area (Å²) in [4.78, 5) is 6.29. The number of nitrogens with two attached hydrogens (primary N) is 3. The fraction of sp³-hybridized carbons (Fsp3) is 0. The van der Waals surface area contributed by atoms with Crippen LogP contribution in [0.1, 0.15) is 0 Å². The predicted octanol–water partition coefficient (Wildman–Crippen LogP) is -1.87. The van der Waals surface area contributed by atoms with Crippen molar-refractivity contribution in [3.8, 4) is 0 Å². The lowest BCUT2D eigenvalue weighted by Crippen LogP contribution is -2.84. The van der Waals surface area contributed by atoms with Gasteiger partial charge in [-0.3, -0.25) is 0 Å². The molecule has 0 unspecified atom stereocenters. The van der Waals surface area contributed by atoms with Gasteiger partial charge in [0.1, 0.15) is 11.5 Å². The third kappa shape index (κ3) is 3.10. The van der Waals surface area contributed by atoms with Crippen molar-refractivity contribution in [2.24, 2.45) is 22.2 Å². The summed E-state index contributed by atoms with van der Waals surface area (Å²) in [5.74, 6) is -0.328. The molecular weight excluding hydrogens is 185 g/mol. The Hall–Kier alpha value is -2.11. The molecule has 0 aliphatic carbocycles. The Kier molecular flexibility index (Phi) is 3.01. The molecule has 0 amide bonds. The normalized spacial score (nSPS) is 11.1. The van der Waals surface area contributed by atoms with Gasteiger partial charge in [-0.15, -0.1) is 4.99 Å². The summed E-state index contributed by atoms with van der Waals surface area (Å²) < 4.78 is 12.5. The largest absolute Gasteiger partial charge is 0.323 e. The van der Waals surface area contributed by atoms with Crippen molar-refractivity contribution < 1.29 is 9.38 Å². The van der Waals surface area contributed by atoms with Crippen LogP contribution in [0.2, 0.25) is 0 Å². The molecule has 0 aliphatic rings. The summed E-state index contributed by atoms with van der Waals surface area (Å²) in [5.41, 5.74) is 16.2. The lowest BCUT2D eigenvalue weighted by Gasteiger charge is -1.91. The molecule has 0 aliphatic heterocycles. The molecule has 0 radical (unpaired) electrons. The number of nitrogens with zero attached hydrogens (tertiary/aromatic N) is 1. The molecule has 0 heterocycles. The second kappa shape index (κ2) is 4.22. The Balaban J connectivity index is 2.87. The number of benzene rings is 1. The zero-order valence-corrected chi connectivity index (χ0v) is 7.37. The maximum Gasteiger partial charge on any atom is 0.316 e. The summed E-state index contributed by atoms with van der Waals surface area (Å²) >= 11 is 0. The lowest BCUT2D eigenvalue weighted by molar-refractivity contribution is -0.320. The number of nitrogens with one attached hydrogen (secondary N) is 1. The fourth-order valence-corrected chi connectivity index (χ4v) is 0.831. The highest BCUT2D eigenvalue weighted by molar-refractivity contribution is 5.79. The van der Waals surface area contributed by atoms with E-state index in [-0.39, 0.29) is 17.7 Å². The molecule has 1 rings (SSSR count). The van der Waals surface area contributed by atoms with Gasteiger partial charge in [0.05, 0.1) is 0 Å². The van der Waals surface area contributed by atoms with Gasteiger partial charge in [-0.2, -0.15) is 0 Å². The first-order valence-corrected chi connectivity index (χ1v) is 3.82. The Morgan fingerprint density at radius 1 is 1.14 bits per heavy atom. The maximum atomic E-state index is 12.5. The number of guanidine groups is 2. The van der Waals surface area contributed by atoms with Crippen LogP contribution in [0.25, 0.3) is 0 Å². The highest BCUT2D eigenvalue weighted by Crippen LogP contribution is 2.10. The quantitative estimate of drug-likeness (QED) is 0.312. The number of rotatable bonds is 1. The van der Waals surface area contributed by atoms with Crippen LogP contribution in [0.5, 0.6) is 0 Å². The number of halogens is 1. The highest BCUT2D eigenvalue weighted by Gasteiger charge is 1.97. The monoisotopic (exact) mass is 196 g/mol. The van der Waals surface area contributed by atoms with Gasteiger partial charge in [0, 0.05) is 0 Å². The average Bonchev–Trinajstić information content (AvgIpc) is 2.07. The van der Waals surface area contributed by atoms with Gasteiger partial charge < -0.3 is 17.2 Å². The predicted molar refractivity (Wildman–Crippen MR) is 52.0 cm³/mol. The van der Waals surface area contributed by atoms with Gasteiger partial charge in [0.15, 0.2) is 0 Å². The minimum absolute atomic E-state index is 0.0478. The second-order valence-corrected chi connectivity index (χ2v) is 2.55. The number of aliphatic imine (C=N–C) groups is 1. The topological polar surface area (TPSA) is 104 Å². The summed E-state index contributed by atoms with van der Waals surface area (Å²) in [6.07, 6.45) is 0. The second-order valence-electron chi connectivity index (χ2n) is 2.55. The van der Waals surface area contributed by atoms with E-state index < -0.39 is 0 Å². The number of hydrogen-bond acceptors (Lipinski definition) is 1. The van der Waals surface area contributed by atoms with E-state index >= 15 is 0 Å². The smallest absolute Gasteiger partial charge is 0.316 e. The Morgan fingerprint density at radius 2 is 1.71 bits per heavy atom. The lowest BCUT2D eigenvalue weighted by atomic mass is 10.3. The van der Waals surface area contributed by atoms with E-state index in [1.165, 1.54) is 24.3 Å². The van der Waals surface area contributed by atoms with Crippen LogP contribution < -0.4 is 22.2 Å². The Morgan fingerprint density at radius 3 is 2.21 bits per heavy atom. The van der Waals surface area contributed by atoms with E-state index in [9.17, 15) is 4.39 Å². The van der Waals surface area contributed by atoms with E-state index in [0.29, 0.717) is 5.69 Å². The zero-order chi connectivity index (χ0) is 10.6. The van der Waals surface area contributed by atoms with E-state index in [1.807, 2.05) is 0 Å². The summed E-state index contributed by atoms with van der Waals surface area (Å²) in [6.45, 7) is 0. The van der Waals surface area contributed by atoms with Crippen molar-refractivity contribution in [1.82, 2.24) is 0 Å². The Labute approximate surface area is 80.1 Å². The summed E-state index contributed by atoms with van der Waals surface area (Å²) in [7, 11) is 0. The summed E-state index contributed by atoms with van der Waals surface area (Å²) in [5, 5.41) is 0. The minimum Gasteiger partial charge on any atom is -0.323 e. The first-order valence-electron chi connectivity index (χ1n) is 3.82. The van der Waals surface area contributed by atoms with Crippen molar-refractivity contribution >= 4 is 17.6 Å². The molecule has 6 heteroatoms. The zero-order valence-electron chi connectivity index (χ0n) is 7.37. The van der Waals surface area contributed by atoms with Crippen LogP contribution in [-0.4, -0.2) is 11.9 Å². The van der Waals surface area contributed by atoms with Crippen LogP contribution >= 0.6 is 0 Å². The molecule has 0 saturated carbocycles. The van der Waals surface area contributed by atoms with Crippen molar-refractivity contribution in [1.29, 1.82) is 0 Å². The van der Waals surface area contributed by atoms with E-state index in [4.69, 9.17) is 17.2 Å². The highest BCUT2D eigenvalue weighted by atomic mass is 19.1. The molecule has 0 bridgehead atoms. The molecule has 1 aromatic carbocycles. The van der Waals surface area contributed by atoms with E-state index in [2.05, 4.69) is 9.98 Å². The van der Waals surface area contributed by atoms with Crippen LogP contribution in [0, 0.1) is 5.82 Å². The molecule has 0 spiro atoms. The third-order valence-electron chi connectivity index (χ3n) is 1.35. The van der Waals surface area contributed by atoms with Crippen molar-refractivity contribution in [3.05, 3.63) is 30.1 Å². The van der Waals surface area contributed by atoms with Gasteiger partial charge in [-0.1, -0.05) is 0 Å². The Bertz CT molecular complexity index is 364. The molecule has 74 valence electrons. The standard InChI is InChI=1S/C8H10FN5/c9-5-1-3-6(4-2-5)13-8(12)14-7(10)11/h1-4H,(H6,10,11,12,13,14)/p+1. The molecule has 1 aromatic rings. The van der Waals surface area contributed by atoms with Crippen molar-refractivity contribution in [3.63, 3.8) is 0 Å². The van der Waals surface area contributed by atoms with Gasteiger partial charge in [-0.25, -0.2) is 9.38 Å². The average molecular weight is 196 g/mol. The molecule has 0 aromatic heterocycles. The third-order valence-corrected chi connectivity index (χ3v) is 1.35. The molecular formula is C8H11FN5+. The molecule has 0 saturated heterocycles. The first kappa shape index (κ1) is 9.97. The molecule has 7 N–H and O–H groups in total. The SMILES string of the molecule is NC(=Nc1ccc(F)cc1)[NH+]=C(N)N. The van der Waals surface area contributed by atoms with Gasteiger partial charge >= 0.3 is 5.96 Å². The van der Waals surface area contributed by atoms with Crippen LogP contribution in [-0.2, 0) is 0 Å². The van der Waals surface area contributed by atoms with Crippen LogP contribution in [0.15, 0.2) is 29.3 Å². The van der Waals surface area contributed by atoms with Gasteiger partial charge in [0.25, 0.3) is 5.96 Å². The maximum absolute atomic E-state index is 12.5. The van der Waals surface area contributed by atoms with Crippen molar-refractivity contribution in [2.45, 2.75) is 0 Å². The minimum atomic E-state index is -0.333. The molecule has 5 nitrogen and oxygen atoms in total. The fourth-order valence-electron chi connectivity index (χ4n) is 0.831. The summed E-state index contributed by atoms with van der Waals surface area (Å²) in [6, 6.07) is 5.52. The van der Waals surface area contributed by atoms with Crippen molar-refractivity contribution in [2.75, 3.05) is 0 Å². The van der Waals surface area contributed by atoms with E-state index in [1.54, 1.807) is 0 Å². The molecule has 0 atom stereocenters. The van der Waals surface area contributed by atoms with Crippen LogP contribution in [0.3, 0.4) is 0 Å². The molecule has 14 heavy (non-hydrogen) atoms.